The van der Waals surface area contributed by atoms with Crippen molar-refractivity contribution in [1.82, 2.24) is 0 Å². The molecule has 3 heteroatoms. The molecule has 1 nitrogen and oxygen atoms in total. The molecule has 0 heterocycles. The largest absolute Gasteiger partial charge is 0.254 e. The highest BCUT2D eigenvalue weighted by molar-refractivity contribution is 7.87. The molecule has 0 spiro atoms. The van der Waals surface area contributed by atoms with E-state index < -0.39 is 10.8 Å². The molecule has 0 amide bonds. The van der Waals surface area contributed by atoms with Gasteiger partial charge < -0.3 is 0 Å². The monoisotopic (exact) mass is 228 g/mol. The smallest absolute Gasteiger partial charge is 0.0540 e. The summed E-state index contributed by atoms with van der Waals surface area (Å²) >= 11 is 4.35. The molecule has 0 saturated heterocycles. The number of thiol groups is 1. The highest BCUT2D eigenvalue weighted by atomic mass is 32.2. The lowest BCUT2D eigenvalue weighted by molar-refractivity contribution is 0.680. The quantitative estimate of drug-likeness (QED) is 0.784. The van der Waals surface area contributed by atoms with E-state index in [2.05, 4.69) is 19.6 Å². The van der Waals surface area contributed by atoms with Crippen LogP contribution in [0.25, 0.3) is 0 Å². The van der Waals surface area contributed by atoms with Gasteiger partial charge in [0, 0.05) is 15.9 Å². The lowest BCUT2D eigenvalue weighted by atomic mass is 10.2. The summed E-state index contributed by atoms with van der Waals surface area (Å²) in [4.78, 5) is 0.906. The molecule has 1 unspecified atom stereocenters. The summed E-state index contributed by atoms with van der Waals surface area (Å²) in [6.07, 6.45) is 0.959. The Morgan fingerprint density at radius 3 is 2.43 bits per heavy atom. The second kappa shape index (κ2) is 5.56. The minimum Gasteiger partial charge on any atom is -0.254 e. The minimum atomic E-state index is -0.898. The standard InChI is InChI=1S/C11H16OS2/c1-3-10(13)8-14(12)11-6-4-9(2)5-7-11/h4-7,10,13H,3,8H2,1-2H3/t10-,14?/m0/s1. The summed E-state index contributed by atoms with van der Waals surface area (Å²) in [6, 6.07) is 7.85. The van der Waals surface area contributed by atoms with Crippen LogP contribution in [0.4, 0.5) is 0 Å². The molecule has 1 rings (SSSR count). The molecule has 78 valence electrons. The number of hydrogen-bond acceptors (Lipinski definition) is 2. The molecule has 0 saturated carbocycles. The first-order valence-electron chi connectivity index (χ1n) is 4.76. The lowest BCUT2D eigenvalue weighted by Crippen LogP contribution is -2.09. The zero-order chi connectivity index (χ0) is 10.6. The maximum absolute atomic E-state index is 11.8. The van der Waals surface area contributed by atoms with Crippen molar-refractivity contribution in [3.8, 4) is 0 Å². The van der Waals surface area contributed by atoms with Crippen molar-refractivity contribution >= 4 is 23.4 Å². The average molecular weight is 228 g/mol. The first kappa shape index (κ1) is 11.8. The Bertz CT molecular complexity index is 306. The van der Waals surface area contributed by atoms with E-state index in [4.69, 9.17) is 0 Å². The van der Waals surface area contributed by atoms with Gasteiger partial charge in [-0.25, -0.2) is 0 Å². The van der Waals surface area contributed by atoms with E-state index in [0.29, 0.717) is 5.75 Å². The van der Waals surface area contributed by atoms with Gasteiger partial charge in [-0.2, -0.15) is 12.6 Å². The zero-order valence-electron chi connectivity index (χ0n) is 8.56. The Labute approximate surface area is 93.8 Å². The van der Waals surface area contributed by atoms with E-state index in [1.165, 1.54) is 5.56 Å². The number of rotatable bonds is 4. The summed E-state index contributed by atoms with van der Waals surface area (Å²) in [5.74, 6) is 0.642. The van der Waals surface area contributed by atoms with E-state index in [0.717, 1.165) is 11.3 Å². The van der Waals surface area contributed by atoms with Crippen molar-refractivity contribution in [2.24, 2.45) is 0 Å². The first-order chi connectivity index (χ1) is 6.63. The van der Waals surface area contributed by atoms with Crippen LogP contribution in [0.2, 0.25) is 0 Å². The van der Waals surface area contributed by atoms with Crippen LogP contribution in [0.15, 0.2) is 29.2 Å². The molecule has 1 aromatic rings. The molecule has 0 radical (unpaired) electrons. The fourth-order valence-electron chi connectivity index (χ4n) is 1.08. The van der Waals surface area contributed by atoms with E-state index in [-0.39, 0.29) is 5.25 Å². The van der Waals surface area contributed by atoms with Gasteiger partial charge in [-0.05, 0) is 25.5 Å². The average Bonchev–Trinajstić information content (AvgIpc) is 2.18. The summed E-state index contributed by atoms with van der Waals surface area (Å²) in [7, 11) is -0.898. The Hall–Kier alpha value is -0.280. The van der Waals surface area contributed by atoms with Crippen LogP contribution in [-0.2, 0) is 10.8 Å². The van der Waals surface area contributed by atoms with Gasteiger partial charge in [-0.1, -0.05) is 24.6 Å². The molecule has 14 heavy (non-hydrogen) atoms. The van der Waals surface area contributed by atoms with Gasteiger partial charge in [0.05, 0.1) is 10.8 Å². The van der Waals surface area contributed by atoms with Gasteiger partial charge >= 0.3 is 0 Å². The second-order valence-corrected chi connectivity index (χ2v) is 5.61. The Morgan fingerprint density at radius 1 is 1.36 bits per heavy atom. The molecule has 0 aromatic heterocycles. The zero-order valence-corrected chi connectivity index (χ0v) is 10.3. The van der Waals surface area contributed by atoms with Gasteiger partial charge in [-0.3, -0.25) is 4.21 Å². The van der Waals surface area contributed by atoms with Gasteiger partial charge in [0.1, 0.15) is 0 Å². The van der Waals surface area contributed by atoms with Crippen molar-refractivity contribution < 1.29 is 4.21 Å². The molecule has 1 aromatic carbocycles. The Kier molecular flexibility index (Phi) is 4.69. The van der Waals surface area contributed by atoms with E-state index in [1.54, 1.807) is 0 Å². The van der Waals surface area contributed by atoms with E-state index >= 15 is 0 Å². The van der Waals surface area contributed by atoms with Gasteiger partial charge in [0.15, 0.2) is 0 Å². The maximum atomic E-state index is 11.8. The van der Waals surface area contributed by atoms with Crippen LogP contribution in [0.1, 0.15) is 18.9 Å². The molecule has 0 aliphatic rings. The summed E-state index contributed by atoms with van der Waals surface area (Å²) in [5.41, 5.74) is 1.20. The SMILES string of the molecule is CC[C@H](S)CS(=O)c1ccc(C)cc1. The second-order valence-electron chi connectivity index (χ2n) is 3.39. The minimum absolute atomic E-state index is 0.233. The normalized spacial score (nSPS) is 15.1. The molecule has 0 bridgehead atoms. The van der Waals surface area contributed by atoms with Crippen molar-refractivity contribution in [2.75, 3.05) is 5.75 Å². The molecule has 0 aliphatic carbocycles. The van der Waals surface area contributed by atoms with Crippen molar-refractivity contribution in [3.05, 3.63) is 29.8 Å². The molecular weight excluding hydrogens is 212 g/mol. The Morgan fingerprint density at radius 2 is 1.93 bits per heavy atom. The number of hydrogen-bond donors (Lipinski definition) is 1. The van der Waals surface area contributed by atoms with Crippen LogP contribution >= 0.6 is 12.6 Å². The predicted molar refractivity (Wildman–Crippen MR) is 65.5 cm³/mol. The summed E-state index contributed by atoms with van der Waals surface area (Å²) in [5, 5.41) is 0.233. The van der Waals surface area contributed by atoms with Crippen molar-refractivity contribution in [1.29, 1.82) is 0 Å². The van der Waals surface area contributed by atoms with Crippen LogP contribution in [0.5, 0.6) is 0 Å². The summed E-state index contributed by atoms with van der Waals surface area (Å²) in [6.45, 7) is 4.09. The topological polar surface area (TPSA) is 17.1 Å². The van der Waals surface area contributed by atoms with Gasteiger partial charge in [-0.15, -0.1) is 0 Å². The molecule has 0 aliphatic heterocycles. The lowest BCUT2D eigenvalue weighted by Gasteiger charge is -2.07. The molecule has 0 fully saturated rings. The number of benzene rings is 1. The summed E-state index contributed by atoms with van der Waals surface area (Å²) < 4.78 is 11.8. The molecule has 0 N–H and O–H groups in total. The molecule has 2 atom stereocenters. The van der Waals surface area contributed by atoms with Crippen LogP contribution in [0, 0.1) is 6.92 Å². The van der Waals surface area contributed by atoms with E-state index in [1.807, 2.05) is 31.2 Å². The van der Waals surface area contributed by atoms with Crippen LogP contribution < -0.4 is 0 Å². The number of aryl methyl sites for hydroxylation is 1. The Balaban J connectivity index is 2.65. The molecular formula is C11H16OS2. The van der Waals surface area contributed by atoms with E-state index in [9.17, 15) is 4.21 Å². The third kappa shape index (κ3) is 3.46. The highest BCUT2D eigenvalue weighted by Crippen LogP contribution is 2.12. The third-order valence-electron chi connectivity index (χ3n) is 2.10. The fraction of sp³-hybridized carbons (Fsp3) is 0.455. The van der Waals surface area contributed by atoms with Gasteiger partial charge in [0.25, 0.3) is 0 Å². The highest BCUT2D eigenvalue weighted by Gasteiger charge is 2.08. The van der Waals surface area contributed by atoms with Crippen molar-refractivity contribution in [2.45, 2.75) is 30.4 Å². The van der Waals surface area contributed by atoms with Crippen LogP contribution in [0.3, 0.4) is 0 Å². The van der Waals surface area contributed by atoms with Crippen molar-refractivity contribution in [3.63, 3.8) is 0 Å². The van der Waals surface area contributed by atoms with Gasteiger partial charge in [0.2, 0.25) is 0 Å². The predicted octanol–water partition coefficient (Wildman–Crippen LogP) is 2.81. The van der Waals surface area contributed by atoms with Crippen LogP contribution in [-0.4, -0.2) is 15.2 Å². The third-order valence-corrected chi connectivity index (χ3v) is 4.40. The maximum Gasteiger partial charge on any atom is 0.0540 e. The fourth-order valence-corrected chi connectivity index (χ4v) is 2.70. The first-order valence-corrected chi connectivity index (χ1v) is 6.60.